The van der Waals surface area contributed by atoms with Gasteiger partial charge in [0.2, 0.25) is 0 Å². The molecule has 0 fully saturated rings. The Morgan fingerprint density at radius 2 is 2.06 bits per heavy atom. The van der Waals surface area contributed by atoms with Crippen molar-refractivity contribution < 1.29 is 13.2 Å². The maximum atomic E-state index is 12.6. The molecule has 0 saturated carbocycles. The fourth-order valence-corrected chi connectivity index (χ4v) is 2.12. The van der Waals surface area contributed by atoms with Gasteiger partial charge in [-0.15, -0.1) is 0 Å². The summed E-state index contributed by atoms with van der Waals surface area (Å²) in [7, 11) is 1.73. The molecule has 2 rings (SSSR count). The first-order valence-corrected chi connectivity index (χ1v) is 5.57. The van der Waals surface area contributed by atoms with Crippen molar-refractivity contribution in [1.29, 1.82) is 0 Å². The fraction of sp³-hybridized carbons (Fsp3) is 0.364. The van der Waals surface area contributed by atoms with Crippen LogP contribution in [0.4, 0.5) is 13.2 Å². The van der Waals surface area contributed by atoms with E-state index in [4.69, 9.17) is 11.6 Å². The zero-order chi connectivity index (χ0) is 13.5. The number of aromatic nitrogens is 2. The van der Waals surface area contributed by atoms with Crippen molar-refractivity contribution in [2.45, 2.75) is 19.3 Å². The first-order chi connectivity index (χ1) is 8.30. The molecular formula is C11H11ClF3N3. The number of nitrogens with zero attached hydrogens (tertiary/aromatic N) is 3. The van der Waals surface area contributed by atoms with Crippen LogP contribution in [0.3, 0.4) is 0 Å². The average Bonchev–Trinajstić information content (AvgIpc) is 2.60. The zero-order valence-corrected chi connectivity index (χ0v) is 10.5. The topological polar surface area (TPSA) is 21.1 Å². The standard InChI is InChI=1S/C11H11ClF3N3/c1-7-6-9(11(13,14)15)16-18(7)10-8(12)4-3-5-17(10)2/h3-6,10H,1-2H3. The Morgan fingerprint density at radius 3 is 2.56 bits per heavy atom. The highest BCUT2D eigenvalue weighted by Crippen LogP contribution is 2.33. The Kier molecular flexibility index (Phi) is 3.14. The lowest BCUT2D eigenvalue weighted by Gasteiger charge is -2.29. The van der Waals surface area contributed by atoms with E-state index in [-0.39, 0.29) is 0 Å². The van der Waals surface area contributed by atoms with E-state index in [9.17, 15) is 13.2 Å². The Balaban J connectivity index is 2.43. The van der Waals surface area contributed by atoms with E-state index in [1.54, 1.807) is 37.2 Å². The Hall–Kier alpha value is -1.43. The van der Waals surface area contributed by atoms with Gasteiger partial charge in [0.25, 0.3) is 0 Å². The largest absolute Gasteiger partial charge is 0.435 e. The van der Waals surface area contributed by atoms with Crippen LogP contribution in [0.25, 0.3) is 0 Å². The molecular weight excluding hydrogens is 267 g/mol. The Labute approximate surface area is 107 Å². The summed E-state index contributed by atoms with van der Waals surface area (Å²) < 4.78 is 39.0. The number of halogens is 4. The van der Waals surface area contributed by atoms with Gasteiger partial charge in [-0.25, -0.2) is 4.68 Å². The molecule has 1 aromatic heterocycles. The molecule has 1 aliphatic heterocycles. The number of likely N-dealkylation sites (N-methyl/N-ethyl adjacent to an activating group) is 1. The summed E-state index contributed by atoms with van der Waals surface area (Å²) in [5.74, 6) is 0. The Morgan fingerprint density at radius 1 is 1.39 bits per heavy atom. The number of aryl methyl sites for hydroxylation is 1. The second kappa shape index (κ2) is 4.35. The van der Waals surface area contributed by atoms with Crippen molar-refractivity contribution in [3.63, 3.8) is 0 Å². The van der Waals surface area contributed by atoms with Crippen LogP contribution in [0.1, 0.15) is 17.6 Å². The van der Waals surface area contributed by atoms with Gasteiger partial charge in [0.1, 0.15) is 0 Å². The fourth-order valence-electron chi connectivity index (χ4n) is 1.80. The van der Waals surface area contributed by atoms with Gasteiger partial charge < -0.3 is 4.90 Å². The average molecular weight is 278 g/mol. The third-order valence-corrected chi connectivity index (χ3v) is 2.97. The van der Waals surface area contributed by atoms with Crippen LogP contribution >= 0.6 is 11.6 Å². The molecule has 1 atom stereocenters. The van der Waals surface area contributed by atoms with Crippen molar-refractivity contribution in [1.82, 2.24) is 14.7 Å². The number of allylic oxidation sites excluding steroid dienone is 2. The van der Waals surface area contributed by atoms with E-state index >= 15 is 0 Å². The molecule has 0 aromatic carbocycles. The highest BCUT2D eigenvalue weighted by molar-refractivity contribution is 6.30. The molecule has 18 heavy (non-hydrogen) atoms. The number of alkyl halides is 3. The van der Waals surface area contributed by atoms with Gasteiger partial charge in [0.15, 0.2) is 11.9 Å². The van der Waals surface area contributed by atoms with E-state index in [2.05, 4.69) is 5.10 Å². The molecule has 2 heterocycles. The smallest absolute Gasteiger partial charge is 0.355 e. The van der Waals surface area contributed by atoms with Crippen LogP contribution < -0.4 is 0 Å². The molecule has 0 spiro atoms. The third kappa shape index (κ3) is 2.25. The summed E-state index contributed by atoms with van der Waals surface area (Å²) in [6, 6.07) is 1.01. The molecule has 98 valence electrons. The first kappa shape index (κ1) is 13.0. The quantitative estimate of drug-likeness (QED) is 0.785. The van der Waals surface area contributed by atoms with E-state index in [1.807, 2.05) is 0 Å². The minimum Gasteiger partial charge on any atom is -0.355 e. The highest BCUT2D eigenvalue weighted by atomic mass is 35.5. The molecule has 0 amide bonds. The summed E-state index contributed by atoms with van der Waals surface area (Å²) in [4.78, 5) is 1.70. The SMILES string of the molecule is Cc1cc(C(F)(F)F)nn1C1C(Cl)=CC=CN1C. The van der Waals surface area contributed by atoms with Gasteiger partial charge in [-0.05, 0) is 25.1 Å². The summed E-state index contributed by atoms with van der Waals surface area (Å²) in [5, 5.41) is 4.01. The second-order valence-electron chi connectivity index (χ2n) is 4.05. The summed E-state index contributed by atoms with van der Waals surface area (Å²) in [6.45, 7) is 1.57. The molecule has 7 heteroatoms. The Bertz CT molecular complexity index is 516. The van der Waals surface area contributed by atoms with Crippen LogP contribution in [0.15, 0.2) is 29.5 Å². The van der Waals surface area contributed by atoms with E-state index in [1.165, 1.54) is 4.68 Å². The maximum absolute atomic E-state index is 12.6. The van der Waals surface area contributed by atoms with Gasteiger partial charge in [-0.2, -0.15) is 18.3 Å². The normalized spacial score (nSPS) is 20.2. The molecule has 1 aromatic rings. The van der Waals surface area contributed by atoms with E-state index in [0.717, 1.165) is 6.07 Å². The molecule has 0 saturated heterocycles. The first-order valence-electron chi connectivity index (χ1n) is 5.20. The van der Waals surface area contributed by atoms with Crippen LogP contribution in [-0.2, 0) is 6.18 Å². The van der Waals surface area contributed by atoms with Gasteiger partial charge in [0.05, 0.1) is 5.03 Å². The monoisotopic (exact) mass is 277 g/mol. The molecule has 1 aliphatic rings. The van der Waals surface area contributed by atoms with Crippen LogP contribution in [0, 0.1) is 6.92 Å². The van der Waals surface area contributed by atoms with Crippen LogP contribution in [-0.4, -0.2) is 21.7 Å². The summed E-state index contributed by atoms with van der Waals surface area (Å²) >= 11 is 6.03. The van der Waals surface area contributed by atoms with E-state index < -0.39 is 18.0 Å². The molecule has 0 N–H and O–H groups in total. The van der Waals surface area contributed by atoms with Crippen LogP contribution in [0.5, 0.6) is 0 Å². The lowest BCUT2D eigenvalue weighted by atomic mass is 10.3. The van der Waals surface area contributed by atoms with Gasteiger partial charge in [0, 0.05) is 18.9 Å². The van der Waals surface area contributed by atoms with Crippen molar-refractivity contribution in [2.24, 2.45) is 0 Å². The third-order valence-electron chi connectivity index (χ3n) is 2.65. The summed E-state index contributed by atoms with van der Waals surface area (Å²) in [6.07, 6.45) is 0.108. The molecule has 1 unspecified atom stereocenters. The van der Waals surface area contributed by atoms with Gasteiger partial charge in [-0.1, -0.05) is 11.6 Å². The predicted molar refractivity (Wildman–Crippen MR) is 61.8 cm³/mol. The summed E-state index contributed by atoms with van der Waals surface area (Å²) in [5.41, 5.74) is -0.506. The highest BCUT2D eigenvalue weighted by Gasteiger charge is 2.36. The molecule has 0 radical (unpaired) electrons. The minimum atomic E-state index is -4.45. The molecule has 0 aliphatic carbocycles. The van der Waals surface area contributed by atoms with Crippen molar-refractivity contribution >= 4 is 11.6 Å². The number of hydrogen-bond acceptors (Lipinski definition) is 2. The van der Waals surface area contributed by atoms with Crippen molar-refractivity contribution in [3.05, 3.63) is 40.8 Å². The predicted octanol–water partition coefficient (Wildman–Crippen LogP) is 3.29. The minimum absolute atomic E-state index is 0.404. The molecule has 3 nitrogen and oxygen atoms in total. The maximum Gasteiger partial charge on any atom is 0.435 e. The second-order valence-corrected chi connectivity index (χ2v) is 4.48. The van der Waals surface area contributed by atoms with Crippen LogP contribution in [0.2, 0.25) is 0 Å². The van der Waals surface area contributed by atoms with Crippen molar-refractivity contribution in [2.75, 3.05) is 7.05 Å². The van der Waals surface area contributed by atoms with Gasteiger partial charge in [-0.3, -0.25) is 0 Å². The van der Waals surface area contributed by atoms with E-state index in [0.29, 0.717) is 10.7 Å². The lowest BCUT2D eigenvalue weighted by molar-refractivity contribution is -0.141. The molecule has 0 bridgehead atoms. The van der Waals surface area contributed by atoms with Gasteiger partial charge >= 0.3 is 6.18 Å². The zero-order valence-electron chi connectivity index (χ0n) is 9.74. The number of hydrogen-bond donors (Lipinski definition) is 0. The number of rotatable bonds is 1. The lowest BCUT2D eigenvalue weighted by Crippen LogP contribution is -2.28. The van der Waals surface area contributed by atoms with Crippen molar-refractivity contribution in [3.8, 4) is 0 Å².